The highest BCUT2D eigenvalue weighted by Gasteiger charge is 2.25. The van der Waals surface area contributed by atoms with Crippen molar-refractivity contribution in [3.05, 3.63) is 60.4 Å². The van der Waals surface area contributed by atoms with E-state index in [-0.39, 0.29) is 22.0 Å². The van der Waals surface area contributed by atoms with Crippen molar-refractivity contribution >= 4 is 26.8 Å². The lowest BCUT2D eigenvalue weighted by Gasteiger charge is -2.09. The van der Waals surface area contributed by atoms with Crippen LogP contribution >= 0.6 is 0 Å². The number of Topliss-reactive ketones (excluding diaryl/α,β-unsaturated/α-hetero) is 1. The van der Waals surface area contributed by atoms with Gasteiger partial charge in [-0.15, -0.1) is 0 Å². The fourth-order valence-electron chi connectivity index (χ4n) is 2.20. The molecule has 0 saturated carbocycles. The second-order valence-electron chi connectivity index (χ2n) is 4.58. The number of carbonyl (C=O) groups excluding carboxylic acids is 1. The van der Waals surface area contributed by atoms with Crippen LogP contribution in [-0.2, 0) is 10.0 Å². The lowest BCUT2D eigenvalue weighted by Crippen LogP contribution is -2.17. The molecule has 0 spiro atoms. The molecule has 0 aliphatic heterocycles. The third-order valence-electron chi connectivity index (χ3n) is 3.16. The number of aromatic nitrogens is 2. The Bertz CT molecular complexity index is 928. The lowest BCUT2D eigenvalue weighted by atomic mass is 10.3. The van der Waals surface area contributed by atoms with Crippen LogP contribution < -0.4 is 0 Å². The Labute approximate surface area is 121 Å². The molecule has 0 unspecified atom stereocenters. The van der Waals surface area contributed by atoms with Crippen molar-refractivity contribution < 1.29 is 13.2 Å². The zero-order chi connectivity index (χ0) is 15.0. The summed E-state index contributed by atoms with van der Waals surface area (Å²) in [5.41, 5.74) is 0.360. The summed E-state index contributed by atoms with van der Waals surface area (Å²) in [7, 11) is -3.86. The van der Waals surface area contributed by atoms with Crippen molar-refractivity contribution in [1.82, 2.24) is 8.96 Å². The highest BCUT2D eigenvalue weighted by molar-refractivity contribution is 7.90. The van der Waals surface area contributed by atoms with Crippen molar-refractivity contribution in [2.75, 3.05) is 0 Å². The van der Waals surface area contributed by atoms with Crippen LogP contribution in [-0.4, -0.2) is 23.2 Å². The van der Waals surface area contributed by atoms with Gasteiger partial charge in [-0.2, -0.15) is 0 Å². The minimum atomic E-state index is -3.86. The molecule has 21 heavy (non-hydrogen) atoms. The van der Waals surface area contributed by atoms with Crippen LogP contribution in [0, 0.1) is 0 Å². The Hall–Kier alpha value is -2.47. The number of nitrogens with zero attached hydrogens (tertiary/aromatic N) is 2. The molecule has 106 valence electrons. The third-order valence-corrected chi connectivity index (χ3v) is 4.88. The van der Waals surface area contributed by atoms with E-state index in [0.29, 0.717) is 5.39 Å². The van der Waals surface area contributed by atoms with Gasteiger partial charge in [0.25, 0.3) is 10.0 Å². The van der Waals surface area contributed by atoms with Crippen molar-refractivity contribution in [2.24, 2.45) is 0 Å². The second-order valence-corrected chi connectivity index (χ2v) is 6.37. The van der Waals surface area contributed by atoms with Gasteiger partial charge in [0.1, 0.15) is 5.69 Å². The fraction of sp³-hybridized carbons (Fsp3) is 0.0667. The van der Waals surface area contributed by atoms with E-state index in [1.807, 2.05) is 0 Å². The Morgan fingerprint density at radius 1 is 1.10 bits per heavy atom. The quantitative estimate of drug-likeness (QED) is 0.697. The van der Waals surface area contributed by atoms with E-state index >= 15 is 0 Å². The predicted molar refractivity (Wildman–Crippen MR) is 78.8 cm³/mol. The summed E-state index contributed by atoms with van der Waals surface area (Å²) < 4.78 is 26.6. The van der Waals surface area contributed by atoms with Crippen LogP contribution in [0.15, 0.2) is 59.6 Å². The first-order valence-corrected chi connectivity index (χ1v) is 7.74. The van der Waals surface area contributed by atoms with Gasteiger partial charge in [0.05, 0.1) is 4.90 Å². The van der Waals surface area contributed by atoms with Gasteiger partial charge in [-0.1, -0.05) is 18.2 Å². The van der Waals surface area contributed by atoms with Gasteiger partial charge in [-0.05, 0) is 30.3 Å². The smallest absolute Gasteiger partial charge is 0.270 e. The predicted octanol–water partition coefficient (Wildman–Crippen LogP) is 2.48. The SMILES string of the molecule is CC(=O)c1cc2cccnc2n1S(=O)(=O)c1ccccc1. The summed E-state index contributed by atoms with van der Waals surface area (Å²) in [5, 5.41) is 0.613. The summed E-state index contributed by atoms with van der Waals surface area (Å²) in [6, 6.07) is 13.0. The molecule has 0 aliphatic rings. The molecule has 2 heterocycles. The number of benzene rings is 1. The number of hydrogen-bond acceptors (Lipinski definition) is 4. The van der Waals surface area contributed by atoms with Crippen molar-refractivity contribution in [2.45, 2.75) is 11.8 Å². The van der Waals surface area contributed by atoms with Crippen LogP contribution in [0.4, 0.5) is 0 Å². The molecule has 0 N–H and O–H groups in total. The highest BCUT2D eigenvalue weighted by Crippen LogP contribution is 2.24. The standard InChI is InChI=1S/C15H12N2O3S/c1-11(18)14-10-12-6-5-9-16-15(12)17(14)21(19,20)13-7-3-2-4-8-13/h2-10H,1H3. The third kappa shape index (κ3) is 2.13. The summed E-state index contributed by atoms with van der Waals surface area (Å²) in [5.74, 6) is -0.326. The summed E-state index contributed by atoms with van der Waals surface area (Å²) in [6.45, 7) is 1.34. The van der Waals surface area contributed by atoms with Crippen LogP contribution in [0.5, 0.6) is 0 Å². The molecule has 5 nitrogen and oxygen atoms in total. The number of fused-ring (bicyclic) bond motifs is 1. The van der Waals surface area contributed by atoms with Crippen molar-refractivity contribution in [3.63, 3.8) is 0 Å². The summed E-state index contributed by atoms with van der Waals surface area (Å²) in [6.07, 6.45) is 1.50. The molecule has 0 bridgehead atoms. The van der Waals surface area contributed by atoms with E-state index in [9.17, 15) is 13.2 Å². The Balaban J connectivity index is 2.39. The van der Waals surface area contributed by atoms with E-state index in [2.05, 4.69) is 4.98 Å². The minimum Gasteiger partial charge on any atom is -0.293 e. The van der Waals surface area contributed by atoms with Crippen molar-refractivity contribution in [3.8, 4) is 0 Å². The van der Waals surface area contributed by atoms with Gasteiger partial charge >= 0.3 is 0 Å². The average molecular weight is 300 g/mol. The Kier molecular flexibility index (Phi) is 3.10. The van der Waals surface area contributed by atoms with Crippen LogP contribution in [0.3, 0.4) is 0 Å². The first-order chi connectivity index (χ1) is 10.0. The van der Waals surface area contributed by atoms with Crippen LogP contribution in [0.25, 0.3) is 11.0 Å². The molecule has 1 aromatic carbocycles. The van der Waals surface area contributed by atoms with Gasteiger partial charge in [-0.3, -0.25) is 4.79 Å². The van der Waals surface area contributed by atoms with E-state index in [4.69, 9.17) is 0 Å². The zero-order valence-electron chi connectivity index (χ0n) is 11.2. The lowest BCUT2D eigenvalue weighted by molar-refractivity contribution is 0.101. The molecule has 0 radical (unpaired) electrons. The summed E-state index contributed by atoms with van der Waals surface area (Å²) >= 11 is 0. The molecule has 6 heteroatoms. The number of pyridine rings is 1. The molecule has 0 amide bonds. The Morgan fingerprint density at radius 3 is 2.48 bits per heavy atom. The fourth-order valence-corrected chi connectivity index (χ4v) is 3.73. The molecular weight excluding hydrogens is 288 g/mol. The van der Waals surface area contributed by atoms with Gasteiger partial charge < -0.3 is 0 Å². The maximum absolute atomic E-state index is 12.8. The first kappa shape index (κ1) is 13.5. The molecule has 0 atom stereocenters. The molecule has 0 fully saturated rings. The van der Waals surface area contributed by atoms with Crippen LogP contribution in [0.1, 0.15) is 17.4 Å². The van der Waals surface area contributed by atoms with E-state index in [1.165, 1.54) is 25.3 Å². The normalized spacial score (nSPS) is 11.7. The molecule has 0 saturated heterocycles. The van der Waals surface area contributed by atoms with E-state index in [0.717, 1.165) is 3.97 Å². The minimum absolute atomic E-state index is 0.104. The maximum Gasteiger partial charge on any atom is 0.270 e. The largest absolute Gasteiger partial charge is 0.293 e. The number of carbonyl (C=O) groups is 1. The monoisotopic (exact) mass is 300 g/mol. The first-order valence-electron chi connectivity index (χ1n) is 6.30. The summed E-state index contributed by atoms with van der Waals surface area (Å²) in [4.78, 5) is 16.0. The maximum atomic E-state index is 12.8. The van der Waals surface area contributed by atoms with Gasteiger partial charge in [0.2, 0.25) is 0 Å². The second kappa shape index (κ2) is 4.82. The Morgan fingerprint density at radius 2 is 1.81 bits per heavy atom. The molecular formula is C15H12N2O3S. The van der Waals surface area contributed by atoms with Gasteiger partial charge in [0, 0.05) is 18.5 Å². The average Bonchev–Trinajstić information content (AvgIpc) is 2.88. The van der Waals surface area contributed by atoms with Gasteiger partial charge in [-0.25, -0.2) is 17.4 Å². The zero-order valence-corrected chi connectivity index (χ0v) is 12.0. The molecule has 3 rings (SSSR count). The highest BCUT2D eigenvalue weighted by atomic mass is 32.2. The topological polar surface area (TPSA) is 69.0 Å². The molecule has 2 aromatic heterocycles. The van der Waals surface area contributed by atoms with Crippen molar-refractivity contribution in [1.29, 1.82) is 0 Å². The number of ketones is 1. The van der Waals surface area contributed by atoms with E-state index in [1.54, 1.807) is 36.4 Å². The van der Waals surface area contributed by atoms with Crippen LogP contribution in [0.2, 0.25) is 0 Å². The number of hydrogen-bond donors (Lipinski definition) is 0. The molecule has 3 aromatic rings. The van der Waals surface area contributed by atoms with E-state index < -0.39 is 10.0 Å². The number of rotatable bonds is 3. The molecule has 0 aliphatic carbocycles. The van der Waals surface area contributed by atoms with Gasteiger partial charge in [0.15, 0.2) is 11.4 Å².